The zero-order chi connectivity index (χ0) is 30.7. The number of alkyl carbamates (subject to hydrolysis) is 1. The Hall–Kier alpha value is -2.59. The van der Waals surface area contributed by atoms with Crippen molar-refractivity contribution in [3.8, 4) is 6.07 Å². The summed E-state index contributed by atoms with van der Waals surface area (Å²) in [5.41, 5.74) is 1.84. The Balaban J connectivity index is 2.27. The van der Waals surface area contributed by atoms with Gasteiger partial charge in [-0.15, -0.1) is 0 Å². The number of benzene rings is 1. The second kappa shape index (κ2) is 26.1. The largest absolute Gasteiger partial charge is 0.445 e. The van der Waals surface area contributed by atoms with E-state index in [0.29, 0.717) is 24.3 Å². The Morgan fingerprint density at radius 3 is 1.86 bits per heavy atom. The summed E-state index contributed by atoms with van der Waals surface area (Å²) in [6, 6.07) is 7.33. The van der Waals surface area contributed by atoms with Crippen LogP contribution in [0.25, 0.3) is 0 Å². The molecule has 0 heterocycles. The van der Waals surface area contributed by atoms with Crippen molar-refractivity contribution >= 4 is 18.2 Å². The van der Waals surface area contributed by atoms with Crippen molar-refractivity contribution in [3.05, 3.63) is 29.3 Å². The molecular formula is C35H60N4O3. The van der Waals surface area contributed by atoms with Crippen LogP contribution in [0.15, 0.2) is 18.2 Å². The van der Waals surface area contributed by atoms with Gasteiger partial charge >= 0.3 is 6.09 Å². The van der Waals surface area contributed by atoms with E-state index in [1.165, 1.54) is 89.9 Å². The van der Waals surface area contributed by atoms with Crippen LogP contribution >= 0.6 is 0 Å². The normalized spacial score (nSPS) is 10.9. The van der Waals surface area contributed by atoms with Crippen molar-refractivity contribution < 1.29 is 14.3 Å². The van der Waals surface area contributed by atoms with Crippen LogP contribution in [0.2, 0.25) is 0 Å². The zero-order valence-electron chi connectivity index (χ0n) is 27.1. The summed E-state index contributed by atoms with van der Waals surface area (Å²) < 4.78 is 5.43. The summed E-state index contributed by atoms with van der Waals surface area (Å²) in [5, 5.41) is 12.2. The van der Waals surface area contributed by atoms with Crippen molar-refractivity contribution in [3.63, 3.8) is 0 Å². The number of anilines is 1. The SMILES string of the molecule is CCCCCCCCCCCCCCCCCCN(C=O)c1cc(C#N)ccc1COC(=O)NCCCCCN(C)C. The van der Waals surface area contributed by atoms with Crippen LogP contribution in [0.5, 0.6) is 0 Å². The fourth-order valence-electron chi connectivity index (χ4n) is 5.20. The van der Waals surface area contributed by atoms with Gasteiger partial charge in [0.25, 0.3) is 0 Å². The van der Waals surface area contributed by atoms with Crippen LogP contribution in [0.3, 0.4) is 0 Å². The molecule has 1 aromatic carbocycles. The summed E-state index contributed by atoms with van der Waals surface area (Å²) in [7, 11) is 4.11. The number of rotatable bonds is 27. The van der Waals surface area contributed by atoms with E-state index < -0.39 is 6.09 Å². The quantitative estimate of drug-likeness (QED) is 0.0825. The number of nitrogens with zero attached hydrogens (tertiary/aromatic N) is 3. The van der Waals surface area contributed by atoms with E-state index >= 15 is 0 Å². The Morgan fingerprint density at radius 1 is 0.810 bits per heavy atom. The van der Waals surface area contributed by atoms with E-state index in [2.05, 4.69) is 37.3 Å². The molecule has 0 aliphatic heterocycles. The number of hydrogen-bond donors (Lipinski definition) is 1. The molecule has 0 aromatic heterocycles. The maximum absolute atomic E-state index is 12.2. The van der Waals surface area contributed by atoms with E-state index in [4.69, 9.17) is 4.74 Å². The third-order valence-corrected chi connectivity index (χ3v) is 7.81. The molecule has 0 aliphatic carbocycles. The Bertz CT molecular complexity index is 868. The highest BCUT2D eigenvalue weighted by atomic mass is 16.5. The van der Waals surface area contributed by atoms with Crippen LogP contribution < -0.4 is 10.2 Å². The van der Waals surface area contributed by atoms with Crippen LogP contribution in [0.4, 0.5) is 10.5 Å². The molecule has 1 aromatic rings. The number of amides is 2. The van der Waals surface area contributed by atoms with Gasteiger partial charge in [0.1, 0.15) is 6.61 Å². The number of nitriles is 1. The summed E-state index contributed by atoms with van der Waals surface area (Å²) in [5.74, 6) is 0. The molecule has 0 aliphatic rings. The van der Waals surface area contributed by atoms with Crippen molar-refractivity contribution in [2.75, 3.05) is 38.6 Å². The molecular weight excluding hydrogens is 524 g/mol. The summed E-state index contributed by atoms with van der Waals surface area (Å²) in [6.45, 7) is 4.53. The molecule has 1 rings (SSSR count). The lowest BCUT2D eigenvalue weighted by Gasteiger charge is -2.21. The molecule has 0 radical (unpaired) electrons. The average molecular weight is 585 g/mol. The minimum absolute atomic E-state index is 0.0524. The van der Waals surface area contributed by atoms with Crippen LogP contribution in [0, 0.1) is 11.3 Å². The van der Waals surface area contributed by atoms with Gasteiger partial charge in [0, 0.05) is 18.7 Å². The molecule has 2 amide bonds. The van der Waals surface area contributed by atoms with Crippen LogP contribution in [-0.2, 0) is 16.1 Å². The number of carbonyl (C=O) groups is 2. The zero-order valence-corrected chi connectivity index (χ0v) is 27.1. The fraction of sp³-hybridized carbons (Fsp3) is 0.743. The molecule has 7 heteroatoms. The minimum Gasteiger partial charge on any atom is -0.445 e. The Labute approximate surface area is 257 Å². The van der Waals surface area contributed by atoms with E-state index in [9.17, 15) is 14.9 Å². The first-order valence-corrected chi connectivity index (χ1v) is 16.8. The summed E-state index contributed by atoms with van der Waals surface area (Å²) >= 11 is 0. The molecule has 0 saturated heterocycles. The highest BCUT2D eigenvalue weighted by molar-refractivity contribution is 5.78. The monoisotopic (exact) mass is 584 g/mol. The highest BCUT2D eigenvalue weighted by Gasteiger charge is 2.14. The van der Waals surface area contributed by atoms with Crippen LogP contribution in [0.1, 0.15) is 140 Å². The Kier molecular flexibility index (Phi) is 23.2. The fourth-order valence-corrected chi connectivity index (χ4v) is 5.20. The Morgan fingerprint density at radius 2 is 1.33 bits per heavy atom. The standard InChI is InChI=1S/C35H60N4O3/c1-4-5-6-7-8-9-10-11-12-13-14-15-16-17-18-22-27-39(31-40)34-28-32(29-36)23-24-33(34)30-42-35(41)37-25-20-19-21-26-38(2)3/h23-24,28,31H,4-22,25-27,30H2,1-3H3,(H,37,41). The second-order valence-corrected chi connectivity index (χ2v) is 11.9. The van der Waals surface area contributed by atoms with Gasteiger partial charge in [0.2, 0.25) is 6.41 Å². The smallest absolute Gasteiger partial charge is 0.407 e. The number of nitrogens with one attached hydrogen (secondary N) is 1. The third-order valence-electron chi connectivity index (χ3n) is 7.81. The first-order chi connectivity index (χ1) is 20.5. The third kappa shape index (κ3) is 19.5. The van der Waals surface area contributed by atoms with Crippen LogP contribution in [-0.4, -0.2) is 51.1 Å². The molecule has 0 fully saturated rings. The highest BCUT2D eigenvalue weighted by Crippen LogP contribution is 2.23. The molecule has 238 valence electrons. The van der Waals surface area contributed by atoms with Gasteiger partial charge in [0.15, 0.2) is 0 Å². The van der Waals surface area contributed by atoms with Crippen molar-refractivity contribution in [1.82, 2.24) is 10.2 Å². The molecule has 0 spiro atoms. The lowest BCUT2D eigenvalue weighted by atomic mass is 10.0. The molecule has 0 unspecified atom stereocenters. The first kappa shape index (κ1) is 37.4. The summed E-state index contributed by atoms with van der Waals surface area (Å²) in [6.07, 6.45) is 24.3. The lowest BCUT2D eigenvalue weighted by molar-refractivity contribution is -0.107. The van der Waals surface area contributed by atoms with Gasteiger partial charge in [-0.25, -0.2) is 4.79 Å². The number of hydrogen-bond acceptors (Lipinski definition) is 5. The molecule has 0 bridgehead atoms. The van der Waals surface area contributed by atoms with E-state index in [1.807, 2.05) is 0 Å². The predicted octanol–water partition coefficient (Wildman–Crippen LogP) is 8.74. The van der Waals surface area contributed by atoms with Gasteiger partial charge < -0.3 is 19.9 Å². The number of unbranched alkanes of at least 4 members (excludes halogenated alkanes) is 17. The van der Waals surface area contributed by atoms with Gasteiger partial charge in [-0.3, -0.25) is 4.79 Å². The van der Waals surface area contributed by atoms with E-state index in [-0.39, 0.29) is 6.61 Å². The molecule has 42 heavy (non-hydrogen) atoms. The minimum atomic E-state index is -0.464. The van der Waals surface area contributed by atoms with Gasteiger partial charge in [-0.05, 0) is 52.0 Å². The molecule has 7 nitrogen and oxygen atoms in total. The lowest BCUT2D eigenvalue weighted by Crippen LogP contribution is -2.27. The number of carbonyl (C=O) groups excluding carboxylic acids is 2. The van der Waals surface area contributed by atoms with Gasteiger partial charge in [-0.1, -0.05) is 116 Å². The maximum Gasteiger partial charge on any atom is 0.407 e. The number of ether oxygens (including phenoxy) is 1. The molecule has 1 N–H and O–H groups in total. The molecule has 0 atom stereocenters. The summed E-state index contributed by atoms with van der Waals surface area (Å²) in [4.78, 5) is 28.0. The predicted molar refractivity (Wildman–Crippen MR) is 175 cm³/mol. The van der Waals surface area contributed by atoms with Gasteiger partial charge in [-0.2, -0.15) is 5.26 Å². The average Bonchev–Trinajstić information content (AvgIpc) is 2.99. The van der Waals surface area contributed by atoms with Crippen molar-refractivity contribution in [1.29, 1.82) is 5.26 Å². The van der Waals surface area contributed by atoms with E-state index in [0.717, 1.165) is 50.6 Å². The second-order valence-electron chi connectivity index (χ2n) is 11.9. The first-order valence-electron chi connectivity index (χ1n) is 16.8. The van der Waals surface area contributed by atoms with Gasteiger partial charge in [0.05, 0.1) is 17.3 Å². The van der Waals surface area contributed by atoms with Crippen molar-refractivity contribution in [2.24, 2.45) is 0 Å². The molecule has 0 saturated carbocycles. The van der Waals surface area contributed by atoms with E-state index in [1.54, 1.807) is 23.1 Å². The van der Waals surface area contributed by atoms with Crippen molar-refractivity contribution in [2.45, 2.75) is 136 Å². The maximum atomic E-state index is 12.2. The topological polar surface area (TPSA) is 85.7 Å².